The molecule has 1 fully saturated rings. The lowest BCUT2D eigenvalue weighted by atomic mass is 10.1. The first kappa shape index (κ1) is 16.0. The van der Waals surface area contributed by atoms with Crippen molar-refractivity contribution in [1.82, 2.24) is 5.32 Å². The number of hydrogen-bond donors (Lipinski definition) is 1. The fraction of sp³-hybridized carbons (Fsp3) is 0.353. The number of nitrogens with one attached hydrogen (secondary N) is 1. The van der Waals surface area contributed by atoms with Gasteiger partial charge in [0.25, 0.3) is 5.91 Å². The van der Waals surface area contributed by atoms with Gasteiger partial charge >= 0.3 is 6.09 Å². The van der Waals surface area contributed by atoms with Crippen molar-refractivity contribution in [3.63, 3.8) is 0 Å². The number of hydrogen-bond acceptors (Lipinski definition) is 5. The lowest BCUT2D eigenvalue weighted by Crippen LogP contribution is -2.37. The summed E-state index contributed by atoms with van der Waals surface area (Å²) in [7, 11) is 0. The van der Waals surface area contributed by atoms with Crippen LogP contribution in [-0.4, -0.2) is 43.5 Å². The number of benzene rings is 1. The quantitative estimate of drug-likeness (QED) is 0.904. The molecule has 7 heteroatoms. The van der Waals surface area contributed by atoms with E-state index >= 15 is 0 Å². The average molecular weight is 329 g/mol. The lowest BCUT2D eigenvalue weighted by Gasteiger charge is -2.23. The molecule has 0 radical (unpaired) electrons. The summed E-state index contributed by atoms with van der Waals surface area (Å²) >= 11 is 0. The van der Waals surface area contributed by atoms with Crippen molar-refractivity contribution in [1.29, 1.82) is 0 Å². The number of allylic oxidation sites excluding steroid dienone is 1. The second-order valence-electron chi connectivity index (χ2n) is 5.62. The molecule has 1 saturated heterocycles. The standard InChI is InChI=1S/C17H19N3O4/c1-2-18-16(22)15-11-20(17(23)24-15)13-5-3-12(4-6-13)19-9-7-14(21)8-10-19/h3-7,9,15H,2,8,10-11H2,1H3,(H,18,22). The molecular formula is C17H19N3O4. The molecule has 1 aromatic carbocycles. The zero-order chi connectivity index (χ0) is 17.1. The summed E-state index contributed by atoms with van der Waals surface area (Å²) in [6.45, 7) is 3.14. The first-order chi connectivity index (χ1) is 11.6. The maximum Gasteiger partial charge on any atom is 0.415 e. The number of ketones is 1. The number of likely N-dealkylation sites (N-methyl/N-ethyl adjacent to an activating group) is 1. The number of carbonyl (C=O) groups excluding carboxylic acids is 3. The first-order valence-corrected chi connectivity index (χ1v) is 7.92. The van der Waals surface area contributed by atoms with Gasteiger partial charge in [-0.2, -0.15) is 0 Å². The zero-order valence-electron chi connectivity index (χ0n) is 13.4. The highest BCUT2D eigenvalue weighted by Crippen LogP contribution is 2.26. The molecule has 0 spiro atoms. The van der Waals surface area contributed by atoms with Crippen molar-refractivity contribution in [2.45, 2.75) is 19.4 Å². The number of amides is 2. The average Bonchev–Trinajstić information content (AvgIpc) is 2.98. The van der Waals surface area contributed by atoms with E-state index in [2.05, 4.69) is 5.32 Å². The SMILES string of the molecule is CCNC(=O)C1CN(c2ccc(N3C=CC(=O)CC3)cc2)C(=O)O1. The Balaban J connectivity index is 1.69. The van der Waals surface area contributed by atoms with E-state index < -0.39 is 12.2 Å². The van der Waals surface area contributed by atoms with Gasteiger partial charge in [0.1, 0.15) is 0 Å². The Hall–Kier alpha value is -2.83. The van der Waals surface area contributed by atoms with Crippen LogP contribution in [0.4, 0.5) is 16.2 Å². The highest BCUT2D eigenvalue weighted by atomic mass is 16.6. The van der Waals surface area contributed by atoms with Crippen molar-refractivity contribution in [2.24, 2.45) is 0 Å². The molecule has 2 amide bonds. The Kier molecular flexibility index (Phi) is 4.50. The molecule has 24 heavy (non-hydrogen) atoms. The summed E-state index contributed by atoms with van der Waals surface area (Å²) in [5.74, 6) is -0.160. The van der Waals surface area contributed by atoms with Crippen molar-refractivity contribution in [3.8, 4) is 0 Å². The number of rotatable bonds is 4. The summed E-state index contributed by atoms with van der Waals surface area (Å²) in [5, 5.41) is 2.65. The van der Waals surface area contributed by atoms with E-state index in [-0.39, 0.29) is 18.2 Å². The molecule has 0 saturated carbocycles. The third-order valence-corrected chi connectivity index (χ3v) is 3.99. The molecule has 1 atom stereocenters. The number of carbonyl (C=O) groups is 3. The van der Waals surface area contributed by atoms with Crippen LogP contribution in [0.1, 0.15) is 13.3 Å². The Bertz CT molecular complexity index is 684. The van der Waals surface area contributed by atoms with Crippen LogP contribution in [0.25, 0.3) is 0 Å². The van der Waals surface area contributed by atoms with Gasteiger partial charge in [0.05, 0.1) is 6.54 Å². The molecule has 2 heterocycles. The minimum Gasteiger partial charge on any atom is -0.434 e. The minimum absolute atomic E-state index is 0.124. The minimum atomic E-state index is -0.784. The maximum atomic E-state index is 12.0. The summed E-state index contributed by atoms with van der Waals surface area (Å²) in [6.07, 6.45) is 2.50. The molecule has 1 unspecified atom stereocenters. The van der Waals surface area contributed by atoms with Crippen molar-refractivity contribution in [2.75, 3.05) is 29.4 Å². The van der Waals surface area contributed by atoms with Gasteiger partial charge in [-0.25, -0.2) is 4.79 Å². The van der Waals surface area contributed by atoms with E-state index in [1.54, 1.807) is 24.4 Å². The molecule has 2 aliphatic heterocycles. The fourth-order valence-electron chi connectivity index (χ4n) is 2.70. The van der Waals surface area contributed by atoms with E-state index in [1.165, 1.54) is 4.90 Å². The summed E-state index contributed by atoms with van der Waals surface area (Å²) < 4.78 is 5.12. The van der Waals surface area contributed by atoms with Crippen LogP contribution >= 0.6 is 0 Å². The number of cyclic esters (lactones) is 1. The van der Waals surface area contributed by atoms with Gasteiger partial charge in [0, 0.05) is 37.1 Å². The van der Waals surface area contributed by atoms with E-state index in [1.807, 2.05) is 24.0 Å². The third-order valence-electron chi connectivity index (χ3n) is 3.99. The normalized spacial score (nSPS) is 20.3. The van der Waals surface area contributed by atoms with E-state index in [0.717, 1.165) is 5.69 Å². The van der Waals surface area contributed by atoms with Crippen LogP contribution in [0.2, 0.25) is 0 Å². The zero-order valence-corrected chi connectivity index (χ0v) is 13.4. The number of ether oxygens (including phenoxy) is 1. The molecule has 0 aliphatic carbocycles. The van der Waals surface area contributed by atoms with Crippen LogP contribution < -0.4 is 15.1 Å². The molecule has 126 valence electrons. The number of anilines is 2. The Morgan fingerprint density at radius 1 is 1.25 bits per heavy atom. The molecule has 0 aromatic heterocycles. The molecule has 0 bridgehead atoms. The predicted molar refractivity (Wildman–Crippen MR) is 88.9 cm³/mol. The second-order valence-corrected chi connectivity index (χ2v) is 5.62. The van der Waals surface area contributed by atoms with Crippen molar-refractivity contribution < 1.29 is 19.1 Å². The van der Waals surface area contributed by atoms with Gasteiger partial charge in [-0.15, -0.1) is 0 Å². The van der Waals surface area contributed by atoms with Crippen LogP contribution in [-0.2, 0) is 14.3 Å². The van der Waals surface area contributed by atoms with Gasteiger partial charge in [-0.3, -0.25) is 14.5 Å². The summed E-state index contributed by atoms with van der Waals surface area (Å²) in [6, 6.07) is 7.37. The fourth-order valence-corrected chi connectivity index (χ4v) is 2.70. The van der Waals surface area contributed by atoms with Crippen LogP contribution in [0.15, 0.2) is 36.5 Å². The largest absolute Gasteiger partial charge is 0.434 e. The summed E-state index contributed by atoms with van der Waals surface area (Å²) in [4.78, 5) is 38.4. The molecular weight excluding hydrogens is 310 g/mol. The van der Waals surface area contributed by atoms with Crippen LogP contribution in [0.5, 0.6) is 0 Å². The summed E-state index contributed by atoms with van der Waals surface area (Å²) in [5.41, 5.74) is 1.61. The highest BCUT2D eigenvalue weighted by molar-refractivity contribution is 5.96. The van der Waals surface area contributed by atoms with Gasteiger partial charge in [-0.05, 0) is 37.3 Å². The van der Waals surface area contributed by atoms with Gasteiger partial charge in [0.15, 0.2) is 11.9 Å². The molecule has 1 aromatic rings. The van der Waals surface area contributed by atoms with Crippen molar-refractivity contribution in [3.05, 3.63) is 36.5 Å². The first-order valence-electron chi connectivity index (χ1n) is 7.92. The van der Waals surface area contributed by atoms with Gasteiger partial charge < -0.3 is 15.0 Å². The highest BCUT2D eigenvalue weighted by Gasteiger charge is 2.36. The van der Waals surface area contributed by atoms with Gasteiger partial charge in [-0.1, -0.05) is 0 Å². The van der Waals surface area contributed by atoms with Crippen LogP contribution in [0.3, 0.4) is 0 Å². The van der Waals surface area contributed by atoms with Gasteiger partial charge in [0.2, 0.25) is 0 Å². The second kappa shape index (κ2) is 6.74. The smallest absolute Gasteiger partial charge is 0.415 e. The predicted octanol–water partition coefficient (Wildman–Crippen LogP) is 1.44. The Morgan fingerprint density at radius 3 is 2.58 bits per heavy atom. The Morgan fingerprint density at radius 2 is 1.96 bits per heavy atom. The molecule has 1 N–H and O–H groups in total. The van der Waals surface area contributed by atoms with E-state index in [4.69, 9.17) is 4.74 Å². The number of nitrogens with zero attached hydrogens (tertiary/aromatic N) is 2. The van der Waals surface area contributed by atoms with E-state index in [9.17, 15) is 14.4 Å². The molecule has 3 rings (SSSR count). The topological polar surface area (TPSA) is 79.0 Å². The van der Waals surface area contributed by atoms with E-state index in [0.29, 0.717) is 25.2 Å². The Labute approximate surface area is 139 Å². The van der Waals surface area contributed by atoms with Crippen LogP contribution in [0, 0.1) is 0 Å². The van der Waals surface area contributed by atoms with Crippen molar-refractivity contribution >= 4 is 29.2 Å². The lowest BCUT2D eigenvalue weighted by molar-refractivity contribution is -0.127. The molecule has 2 aliphatic rings. The monoisotopic (exact) mass is 329 g/mol. The molecule has 7 nitrogen and oxygen atoms in total. The third kappa shape index (κ3) is 3.24. The maximum absolute atomic E-state index is 12.0.